The summed E-state index contributed by atoms with van der Waals surface area (Å²) in [6.45, 7) is 7.97. The van der Waals surface area contributed by atoms with Crippen molar-refractivity contribution in [1.82, 2.24) is 5.32 Å². The summed E-state index contributed by atoms with van der Waals surface area (Å²) in [6, 6.07) is 1.48. The minimum atomic E-state index is -2.41. The number of rotatable bonds is 15. The molecule has 0 aromatic heterocycles. The smallest absolute Gasteiger partial charge is 0.377 e. The third kappa shape index (κ3) is 9.25. The molecule has 4 nitrogen and oxygen atoms in total. The van der Waals surface area contributed by atoms with Crippen LogP contribution < -0.4 is 5.32 Å². The van der Waals surface area contributed by atoms with E-state index in [-0.39, 0.29) is 0 Å². The maximum absolute atomic E-state index is 5.52. The van der Waals surface area contributed by atoms with Gasteiger partial charge in [-0.3, -0.25) is 0 Å². The molecular weight excluding hydrogens is 294 g/mol. The molecule has 0 radical (unpaired) electrons. The van der Waals surface area contributed by atoms with E-state index >= 15 is 0 Å². The van der Waals surface area contributed by atoms with Crippen LogP contribution in [0.2, 0.25) is 6.04 Å². The predicted octanol–water partition coefficient (Wildman–Crippen LogP) is 4.23. The van der Waals surface area contributed by atoms with Crippen LogP contribution in [-0.2, 0) is 13.3 Å². The van der Waals surface area contributed by atoms with Crippen LogP contribution in [0.4, 0.5) is 0 Å². The first-order valence-corrected chi connectivity index (χ1v) is 10.9. The molecule has 1 N–H and O–H groups in total. The van der Waals surface area contributed by atoms with Crippen molar-refractivity contribution in [2.45, 2.75) is 77.8 Å². The first-order valence-electron chi connectivity index (χ1n) is 8.96. The van der Waals surface area contributed by atoms with Gasteiger partial charge in [-0.1, -0.05) is 39.5 Å². The molecule has 0 rings (SSSR count). The summed E-state index contributed by atoms with van der Waals surface area (Å²) in [5.41, 5.74) is 0. The molecule has 0 aromatic carbocycles. The molecule has 0 aliphatic heterocycles. The maximum atomic E-state index is 5.52. The van der Waals surface area contributed by atoms with Crippen molar-refractivity contribution in [3.05, 3.63) is 0 Å². The van der Waals surface area contributed by atoms with Gasteiger partial charge in [0.25, 0.3) is 0 Å². The molecule has 0 saturated carbocycles. The van der Waals surface area contributed by atoms with Crippen molar-refractivity contribution in [3.63, 3.8) is 0 Å². The van der Waals surface area contributed by atoms with Gasteiger partial charge < -0.3 is 18.6 Å². The molecule has 134 valence electrons. The largest absolute Gasteiger partial charge is 0.500 e. The number of unbranched alkanes of at least 4 members (excludes halogenated alkanes) is 3. The molecule has 0 bridgehead atoms. The Morgan fingerprint density at radius 2 is 1.59 bits per heavy atom. The lowest BCUT2D eigenvalue weighted by Gasteiger charge is -2.27. The first kappa shape index (κ1) is 22.1. The first-order chi connectivity index (χ1) is 10.6. The van der Waals surface area contributed by atoms with E-state index in [1.54, 1.807) is 21.3 Å². The van der Waals surface area contributed by atoms with Gasteiger partial charge in [0.05, 0.1) is 0 Å². The Bertz CT molecular complexity index is 242. The third-order valence-corrected chi connectivity index (χ3v) is 7.35. The summed E-state index contributed by atoms with van der Waals surface area (Å²) in [6.07, 6.45) is 8.82. The van der Waals surface area contributed by atoms with E-state index in [9.17, 15) is 0 Å². The van der Waals surface area contributed by atoms with Gasteiger partial charge in [0.2, 0.25) is 0 Å². The molecule has 0 spiro atoms. The standard InChI is InChI=1S/C17H39NO3Si/c1-7-9-10-11-13-18-16(3)15-17(8-2)12-14-22(19-4,20-5)21-6/h16-18H,7-15H2,1-6H3. The van der Waals surface area contributed by atoms with Crippen molar-refractivity contribution in [2.24, 2.45) is 5.92 Å². The molecule has 0 saturated heterocycles. The fraction of sp³-hybridized carbons (Fsp3) is 1.00. The average Bonchev–Trinajstić information content (AvgIpc) is 2.55. The molecule has 2 atom stereocenters. The number of hydrogen-bond acceptors (Lipinski definition) is 4. The van der Waals surface area contributed by atoms with E-state index in [0.29, 0.717) is 12.0 Å². The van der Waals surface area contributed by atoms with E-state index in [1.807, 2.05) is 0 Å². The molecule has 0 fully saturated rings. The van der Waals surface area contributed by atoms with Crippen molar-refractivity contribution < 1.29 is 13.3 Å². The SMILES string of the molecule is CCCCCCNC(C)CC(CC)CC[Si](OC)(OC)OC. The van der Waals surface area contributed by atoms with Gasteiger partial charge in [0.1, 0.15) is 0 Å². The van der Waals surface area contributed by atoms with Crippen molar-refractivity contribution in [3.8, 4) is 0 Å². The monoisotopic (exact) mass is 333 g/mol. The Hall–Kier alpha value is 0.0569. The summed E-state index contributed by atoms with van der Waals surface area (Å²) in [4.78, 5) is 0. The molecular formula is C17H39NO3Si. The van der Waals surface area contributed by atoms with Gasteiger partial charge in [-0.05, 0) is 38.6 Å². The molecule has 0 heterocycles. The number of nitrogens with one attached hydrogen (secondary N) is 1. The van der Waals surface area contributed by atoms with Gasteiger partial charge in [-0.25, -0.2) is 0 Å². The van der Waals surface area contributed by atoms with Crippen LogP contribution in [0.5, 0.6) is 0 Å². The maximum Gasteiger partial charge on any atom is 0.500 e. The highest BCUT2D eigenvalue weighted by atomic mass is 28.4. The van der Waals surface area contributed by atoms with Gasteiger partial charge in [-0.2, -0.15) is 0 Å². The molecule has 0 aliphatic rings. The lowest BCUT2D eigenvalue weighted by molar-refractivity contribution is 0.120. The van der Waals surface area contributed by atoms with E-state index in [0.717, 1.165) is 19.0 Å². The van der Waals surface area contributed by atoms with Crippen LogP contribution in [0.3, 0.4) is 0 Å². The van der Waals surface area contributed by atoms with Crippen molar-refractivity contribution in [1.29, 1.82) is 0 Å². The predicted molar refractivity (Wildman–Crippen MR) is 96.2 cm³/mol. The Kier molecular flexibility index (Phi) is 13.5. The fourth-order valence-electron chi connectivity index (χ4n) is 2.91. The molecule has 5 heteroatoms. The van der Waals surface area contributed by atoms with Crippen molar-refractivity contribution >= 4 is 8.80 Å². The molecule has 2 unspecified atom stereocenters. The molecule has 0 aromatic rings. The summed E-state index contributed by atoms with van der Waals surface area (Å²) >= 11 is 0. The zero-order valence-electron chi connectivity index (χ0n) is 15.7. The Morgan fingerprint density at radius 1 is 0.955 bits per heavy atom. The summed E-state index contributed by atoms with van der Waals surface area (Å²) in [5.74, 6) is 0.700. The van der Waals surface area contributed by atoms with Gasteiger partial charge in [0.15, 0.2) is 0 Å². The van der Waals surface area contributed by atoms with Crippen LogP contribution in [0.1, 0.15) is 65.7 Å². The van der Waals surface area contributed by atoms with Gasteiger partial charge in [0, 0.05) is 33.4 Å². The zero-order valence-corrected chi connectivity index (χ0v) is 16.7. The van der Waals surface area contributed by atoms with Crippen LogP contribution >= 0.6 is 0 Å². The summed E-state index contributed by atoms with van der Waals surface area (Å²) < 4.78 is 16.6. The normalized spacial score (nSPS) is 15.0. The Balaban J connectivity index is 4.03. The minimum Gasteiger partial charge on any atom is -0.377 e. The molecule has 22 heavy (non-hydrogen) atoms. The highest BCUT2D eigenvalue weighted by molar-refractivity contribution is 6.60. The summed E-state index contributed by atoms with van der Waals surface area (Å²) in [7, 11) is 2.68. The van der Waals surface area contributed by atoms with E-state index < -0.39 is 8.80 Å². The highest BCUT2D eigenvalue weighted by Crippen LogP contribution is 2.24. The third-order valence-electron chi connectivity index (χ3n) is 4.58. The van der Waals surface area contributed by atoms with Crippen LogP contribution in [0.15, 0.2) is 0 Å². The lowest BCUT2D eigenvalue weighted by Crippen LogP contribution is -2.43. The second kappa shape index (κ2) is 13.5. The fourth-order valence-corrected chi connectivity index (χ4v) is 4.78. The second-order valence-corrected chi connectivity index (χ2v) is 9.35. The van der Waals surface area contributed by atoms with Gasteiger partial charge >= 0.3 is 8.80 Å². The minimum absolute atomic E-state index is 0.579. The number of hydrogen-bond donors (Lipinski definition) is 1. The van der Waals surface area contributed by atoms with Crippen molar-refractivity contribution in [2.75, 3.05) is 27.9 Å². The van der Waals surface area contributed by atoms with E-state index in [4.69, 9.17) is 13.3 Å². The molecule has 0 amide bonds. The second-order valence-electron chi connectivity index (χ2n) is 6.26. The molecule has 0 aliphatic carbocycles. The zero-order chi connectivity index (χ0) is 16.8. The Labute approximate surface area is 139 Å². The van der Waals surface area contributed by atoms with Crippen LogP contribution in [0, 0.1) is 5.92 Å². The lowest BCUT2D eigenvalue weighted by atomic mass is 9.95. The average molecular weight is 334 g/mol. The van der Waals surface area contributed by atoms with E-state index in [2.05, 4.69) is 26.1 Å². The van der Waals surface area contributed by atoms with Gasteiger partial charge in [-0.15, -0.1) is 0 Å². The van der Waals surface area contributed by atoms with E-state index in [1.165, 1.54) is 38.5 Å². The summed E-state index contributed by atoms with van der Waals surface area (Å²) in [5, 5.41) is 3.66. The highest BCUT2D eigenvalue weighted by Gasteiger charge is 2.37. The van der Waals surface area contributed by atoms with Crippen LogP contribution in [-0.4, -0.2) is 42.7 Å². The topological polar surface area (TPSA) is 39.7 Å². The quantitative estimate of drug-likeness (QED) is 0.360. The van der Waals surface area contributed by atoms with Crippen LogP contribution in [0.25, 0.3) is 0 Å². The Morgan fingerprint density at radius 3 is 2.09 bits per heavy atom.